The van der Waals surface area contributed by atoms with Crippen molar-refractivity contribution in [2.24, 2.45) is 0 Å². The molecule has 0 saturated heterocycles. The maximum absolute atomic E-state index is 12.5. The van der Waals surface area contributed by atoms with Crippen LogP contribution in [0.2, 0.25) is 5.02 Å². The first kappa shape index (κ1) is 13.5. The summed E-state index contributed by atoms with van der Waals surface area (Å²) in [6.45, 7) is 1.57. The van der Waals surface area contributed by atoms with Crippen molar-refractivity contribution in [3.63, 3.8) is 0 Å². The van der Waals surface area contributed by atoms with Gasteiger partial charge in [-0.3, -0.25) is 4.79 Å². The van der Waals surface area contributed by atoms with Crippen molar-refractivity contribution >= 4 is 33.3 Å². The third-order valence-electron chi connectivity index (χ3n) is 1.98. The highest BCUT2D eigenvalue weighted by atomic mass is 79.9. The van der Waals surface area contributed by atoms with Gasteiger partial charge in [-0.2, -0.15) is 13.2 Å². The number of Topliss-reactive ketones (excluding diaryl/α,β-unsaturated/α-hetero) is 1. The highest BCUT2D eigenvalue weighted by molar-refractivity contribution is 9.10. The standard InChI is InChI=1S/C10H7BrClF3O/c1-2-8(16)6-3-5(10(13,14)15)4-7(12)9(6)11/h3-4H,2H2,1H3. The minimum Gasteiger partial charge on any atom is -0.294 e. The van der Waals surface area contributed by atoms with E-state index >= 15 is 0 Å². The van der Waals surface area contributed by atoms with Crippen LogP contribution in [0.5, 0.6) is 0 Å². The molecule has 6 heteroatoms. The lowest BCUT2D eigenvalue weighted by atomic mass is 10.1. The van der Waals surface area contributed by atoms with Gasteiger partial charge in [-0.1, -0.05) is 18.5 Å². The Bertz CT molecular complexity index is 429. The van der Waals surface area contributed by atoms with Crippen LogP contribution in [-0.2, 0) is 6.18 Å². The van der Waals surface area contributed by atoms with E-state index in [1.807, 2.05) is 0 Å². The molecule has 0 unspecified atom stereocenters. The van der Waals surface area contributed by atoms with Crippen molar-refractivity contribution in [2.75, 3.05) is 0 Å². The van der Waals surface area contributed by atoms with Crippen molar-refractivity contribution in [3.05, 3.63) is 32.8 Å². The molecule has 0 amide bonds. The van der Waals surface area contributed by atoms with E-state index in [4.69, 9.17) is 11.6 Å². The van der Waals surface area contributed by atoms with E-state index in [1.165, 1.54) is 0 Å². The Morgan fingerprint density at radius 2 is 2.00 bits per heavy atom. The van der Waals surface area contributed by atoms with Crippen LogP contribution in [0.15, 0.2) is 16.6 Å². The Morgan fingerprint density at radius 3 is 2.44 bits per heavy atom. The second-order valence-corrected chi connectivity index (χ2v) is 4.29. The van der Waals surface area contributed by atoms with Crippen LogP contribution in [0.1, 0.15) is 29.3 Å². The van der Waals surface area contributed by atoms with Crippen molar-refractivity contribution in [1.82, 2.24) is 0 Å². The summed E-state index contributed by atoms with van der Waals surface area (Å²) >= 11 is 8.63. The fourth-order valence-corrected chi connectivity index (χ4v) is 1.82. The fourth-order valence-electron chi connectivity index (χ4n) is 1.15. The Hall–Kier alpha value is -0.550. The Morgan fingerprint density at radius 1 is 1.44 bits per heavy atom. The summed E-state index contributed by atoms with van der Waals surface area (Å²) in [7, 11) is 0. The molecular formula is C10H7BrClF3O. The smallest absolute Gasteiger partial charge is 0.294 e. The van der Waals surface area contributed by atoms with E-state index in [0.29, 0.717) is 0 Å². The SMILES string of the molecule is CCC(=O)c1cc(C(F)(F)F)cc(Cl)c1Br. The lowest BCUT2D eigenvalue weighted by Gasteiger charge is -2.11. The summed E-state index contributed by atoms with van der Waals surface area (Å²) in [5.41, 5.74) is -0.958. The summed E-state index contributed by atoms with van der Waals surface area (Å²) in [5, 5.41) is -0.119. The zero-order chi connectivity index (χ0) is 12.5. The number of carbonyl (C=O) groups is 1. The van der Waals surface area contributed by atoms with E-state index in [1.54, 1.807) is 6.92 Å². The van der Waals surface area contributed by atoms with Crippen LogP contribution in [0.3, 0.4) is 0 Å². The molecule has 1 rings (SSSR count). The molecule has 0 radical (unpaired) electrons. The molecular weight excluding hydrogens is 308 g/mol. The van der Waals surface area contributed by atoms with Crippen molar-refractivity contribution in [2.45, 2.75) is 19.5 Å². The molecule has 0 saturated carbocycles. The van der Waals surface area contributed by atoms with Crippen LogP contribution in [0, 0.1) is 0 Å². The zero-order valence-electron chi connectivity index (χ0n) is 8.16. The average molecular weight is 316 g/mol. The molecule has 1 nitrogen and oxygen atoms in total. The van der Waals surface area contributed by atoms with E-state index in [0.717, 1.165) is 12.1 Å². The summed E-state index contributed by atoms with van der Waals surface area (Å²) in [6, 6.07) is 1.60. The lowest BCUT2D eigenvalue weighted by Crippen LogP contribution is -2.08. The van der Waals surface area contributed by atoms with Crippen LogP contribution in [0.4, 0.5) is 13.2 Å². The van der Waals surface area contributed by atoms with Gasteiger partial charge in [0, 0.05) is 16.5 Å². The molecule has 0 heterocycles. The fraction of sp³-hybridized carbons (Fsp3) is 0.300. The average Bonchev–Trinajstić information content (AvgIpc) is 2.19. The number of ketones is 1. The van der Waals surface area contributed by atoms with Crippen LogP contribution >= 0.6 is 27.5 Å². The third-order valence-corrected chi connectivity index (χ3v) is 3.36. The molecule has 0 atom stereocenters. The quantitative estimate of drug-likeness (QED) is 0.722. The van der Waals surface area contributed by atoms with E-state index < -0.39 is 11.7 Å². The van der Waals surface area contributed by atoms with Gasteiger partial charge in [-0.25, -0.2) is 0 Å². The maximum atomic E-state index is 12.5. The van der Waals surface area contributed by atoms with Gasteiger partial charge < -0.3 is 0 Å². The normalized spacial score (nSPS) is 11.6. The molecule has 0 aliphatic rings. The molecule has 1 aromatic carbocycles. The lowest BCUT2D eigenvalue weighted by molar-refractivity contribution is -0.137. The maximum Gasteiger partial charge on any atom is 0.416 e. The molecule has 88 valence electrons. The predicted octanol–water partition coefficient (Wildman–Crippen LogP) is 4.71. The van der Waals surface area contributed by atoms with Gasteiger partial charge >= 0.3 is 6.18 Å². The van der Waals surface area contributed by atoms with Crippen LogP contribution < -0.4 is 0 Å². The minimum atomic E-state index is -4.51. The Balaban J connectivity index is 3.39. The molecule has 0 aliphatic carbocycles. The number of hydrogen-bond acceptors (Lipinski definition) is 1. The first-order valence-corrected chi connectivity index (χ1v) is 5.54. The second kappa shape index (κ2) is 4.75. The Labute approximate surface area is 104 Å². The number of rotatable bonds is 2. The van der Waals surface area contributed by atoms with E-state index in [2.05, 4.69) is 15.9 Å². The van der Waals surface area contributed by atoms with Crippen molar-refractivity contribution in [3.8, 4) is 0 Å². The van der Waals surface area contributed by atoms with Gasteiger partial charge in [0.2, 0.25) is 0 Å². The zero-order valence-corrected chi connectivity index (χ0v) is 10.5. The minimum absolute atomic E-state index is 0.0395. The van der Waals surface area contributed by atoms with Crippen molar-refractivity contribution in [1.29, 1.82) is 0 Å². The molecule has 0 bridgehead atoms. The summed E-state index contributed by atoms with van der Waals surface area (Å²) in [4.78, 5) is 11.4. The van der Waals surface area contributed by atoms with Crippen molar-refractivity contribution < 1.29 is 18.0 Å². The van der Waals surface area contributed by atoms with Gasteiger partial charge in [-0.05, 0) is 28.1 Å². The van der Waals surface area contributed by atoms with Gasteiger partial charge in [-0.15, -0.1) is 0 Å². The molecule has 0 aromatic heterocycles. The van der Waals surface area contributed by atoms with E-state index in [9.17, 15) is 18.0 Å². The summed E-state index contributed by atoms with van der Waals surface area (Å²) < 4.78 is 37.6. The highest BCUT2D eigenvalue weighted by Gasteiger charge is 2.32. The third kappa shape index (κ3) is 2.77. The summed E-state index contributed by atoms with van der Waals surface area (Å²) in [5.74, 6) is -0.389. The number of hydrogen-bond donors (Lipinski definition) is 0. The predicted molar refractivity (Wildman–Crippen MR) is 58.8 cm³/mol. The number of halogens is 5. The van der Waals surface area contributed by atoms with Gasteiger partial charge in [0.1, 0.15) is 0 Å². The molecule has 0 aliphatic heterocycles. The largest absolute Gasteiger partial charge is 0.416 e. The highest BCUT2D eigenvalue weighted by Crippen LogP contribution is 2.36. The first-order chi connectivity index (χ1) is 7.27. The Kier molecular flexibility index (Phi) is 4.02. The second-order valence-electron chi connectivity index (χ2n) is 3.09. The monoisotopic (exact) mass is 314 g/mol. The molecule has 16 heavy (non-hydrogen) atoms. The van der Waals surface area contributed by atoms with E-state index in [-0.39, 0.29) is 27.3 Å². The summed E-state index contributed by atoms with van der Waals surface area (Å²) in [6.07, 6.45) is -4.39. The van der Waals surface area contributed by atoms with Gasteiger partial charge in [0.15, 0.2) is 5.78 Å². The number of benzene rings is 1. The topological polar surface area (TPSA) is 17.1 Å². The van der Waals surface area contributed by atoms with Gasteiger partial charge in [0.25, 0.3) is 0 Å². The first-order valence-electron chi connectivity index (χ1n) is 4.36. The van der Waals surface area contributed by atoms with Gasteiger partial charge in [0.05, 0.1) is 10.6 Å². The molecule has 1 aromatic rings. The number of carbonyl (C=O) groups excluding carboxylic acids is 1. The molecule has 0 spiro atoms. The number of alkyl halides is 3. The van der Waals surface area contributed by atoms with Crippen LogP contribution in [-0.4, -0.2) is 5.78 Å². The van der Waals surface area contributed by atoms with Crippen LogP contribution in [0.25, 0.3) is 0 Å². The molecule has 0 N–H and O–H groups in total. The molecule has 0 fully saturated rings.